The lowest BCUT2D eigenvalue weighted by molar-refractivity contribution is -0.134. The maximum atomic E-state index is 13.7. The number of carbonyl (C=O) groups is 1. The maximum Gasteiger partial charge on any atom is 0.257 e. The first-order chi connectivity index (χ1) is 18.1. The molecule has 37 heavy (non-hydrogen) atoms. The molecule has 5 rings (SSSR count). The molecule has 0 radical (unpaired) electrons. The molecule has 0 spiro atoms. The molecule has 2 heterocycles. The van der Waals surface area contributed by atoms with Crippen molar-refractivity contribution < 1.29 is 14.3 Å². The lowest BCUT2D eigenvalue weighted by Gasteiger charge is -2.33. The number of amides is 1. The van der Waals surface area contributed by atoms with Gasteiger partial charge in [0.05, 0.1) is 32.5 Å². The van der Waals surface area contributed by atoms with Crippen LogP contribution in [0.1, 0.15) is 42.0 Å². The van der Waals surface area contributed by atoms with Crippen LogP contribution in [0.4, 0.5) is 0 Å². The predicted molar refractivity (Wildman–Crippen MR) is 146 cm³/mol. The van der Waals surface area contributed by atoms with Crippen molar-refractivity contribution in [2.24, 2.45) is 11.0 Å². The molecular formula is C31H35N3O3. The summed E-state index contributed by atoms with van der Waals surface area (Å²) in [4.78, 5) is 16.0. The van der Waals surface area contributed by atoms with Crippen molar-refractivity contribution in [3.8, 4) is 11.5 Å². The molecule has 1 amide bonds. The highest BCUT2D eigenvalue weighted by molar-refractivity contribution is 6.03. The molecule has 0 aromatic heterocycles. The van der Waals surface area contributed by atoms with Gasteiger partial charge in [-0.2, -0.15) is 5.10 Å². The monoisotopic (exact) mass is 497 g/mol. The zero-order valence-electron chi connectivity index (χ0n) is 21.7. The van der Waals surface area contributed by atoms with Gasteiger partial charge in [-0.15, -0.1) is 0 Å². The molecule has 192 valence electrons. The van der Waals surface area contributed by atoms with E-state index in [0.29, 0.717) is 18.9 Å². The molecule has 0 bridgehead atoms. The Labute approximate surface area is 219 Å². The fourth-order valence-electron chi connectivity index (χ4n) is 5.45. The van der Waals surface area contributed by atoms with Gasteiger partial charge in [-0.3, -0.25) is 9.69 Å². The van der Waals surface area contributed by atoms with E-state index in [9.17, 15) is 4.79 Å². The van der Waals surface area contributed by atoms with Crippen LogP contribution in [0.25, 0.3) is 0 Å². The standard InChI is InChI=1S/C31H35N3O3/c1-36-26-13-14-30(37-2)27(20-26)29-21-28(25-11-7-4-8-12-25)32-34(29)31(35)22-33-17-15-24(16-18-33)19-23-9-5-3-6-10-23/h3-14,20,24,29H,15-19,21-22H2,1-2H3. The van der Waals surface area contributed by atoms with E-state index in [4.69, 9.17) is 14.6 Å². The van der Waals surface area contributed by atoms with Gasteiger partial charge in [0, 0.05) is 12.0 Å². The highest BCUT2D eigenvalue weighted by Gasteiger charge is 2.36. The molecule has 0 N–H and O–H groups in total. The number of benzene rings is 3. The van der Waals surface area contributed by atoms with Crippen LogP contribution in [0, 0.1) is 5.92 Å². The number of nitrogens with zero attached hydrogens (tertiary/aromatic N) is 3. The Morgan fingerprint density at radius 2 is 1.62 bits per heavy atom. The zero-order chi connectivity index (χ0) is 25.6. The Balaban J connectivity index is 1.31. The third-order valence-electron chi connectivity index (χ3n) is 7.50. The zero-order valence-corrected chi connectivity index (χ0v) is 21.7. The van der Waals surface area contributed by atoms with E-state index in [0.717, 1.165) is 60.7 Å². The molecule has 1 unspecified atom stereocenters. The van der Waals surface area contributed by atoms with Crippen LogP contribution >= 0.6 is 0 Å². The number of methoxy groups -OCH3 is 2. The minimum absolute atomic E-state index is 0.0160. The number of hydrazone groups is 1. The first kappa shape index (κ1) is 25.0. The lowest BCUT2D eigenvalue weighted by atomic mass is 9.90. The summed E-state index contributed by atoms with van der Waals surface area (Å²) in [7, 11) is 3.31. The van der Waals surface area contributed by atoms with Gasteiger partial charge in [-0.1, -0.05) is 60.7 Å². The molecule has 6 nitrogen and oxygen atoms in total. The fourth-order valence-corrected chi connectivity index (χ4v) is 5.45. The fraction of sp³-hybridized carbons (Fsp3) is 0.355. The van der Waals surface area contributed by atoms with E-state index in [1.165, 1.54) is 5.56 Å². The quantitative estimate of drug-likeness (QED) is 0.422. The van der Waals surface area contributed by atoms with Crippen molar-refractivity contribution >= 4 is 11.6 Å². The van der Waals surface area contributed by atoms with Crippen LogP contribution in [-0.4, -0.2) is 55.4 Å². The largest absolute Gasteiger partial charge is 0.497 e. The summed E-state index contributed by atoms with van der Waals surface area (Å²) in [5.41, 5.74) is 4.25. The third kappa shape index (κ3) is 5.86. The summed E-state index contributed by atoms with van der Waals surface area (Å²) in [5.74, 6) is 2.14. The van der Waals surface area contributed by atoms with Crippen molar-refractivity contribution in [1.29, 1.82) is 0 Å². The number of rotatable bonds is 8. The van der Waals surface area contributed by atoms with E-state index < -0.39 is 0 Å². The van der Waals surface area contributed by atoms with E-state index in [-0.39, 0.29) is 11.9 Å². The Hall–Kier alpha value is -3.64. The Morgan fingerprint density at radius 3 is 2.30 bits per heavy atom. The summed E-state index contributed by atoms with van der Waals surface area (Å²) in [6.45, 7) is 2.23. The molecule has 0 aliphatic carbocycles. The van der Waals surface area contributed by atoms with Gasteiger partial charge in [-0.05, 0) is 67.6 Å². The minimum atomic E-state index is -0.247. The summed E-state index contributed by atoms with van der Waals surface area (Å²) < 4.78 is 11.2. The molecule has 0 saturated carbocycles. The highest BCUT2D eigenvalue weighted by Crippen LogP contribution is 2.39. The van der Waals surface area contributed by atoms with Gasteiger partial charge in [0.25, 0.3) is 5.91 Å². The van der Waals surface area contributed by atoms with Gasteiger partial charge in [0.2, 0.25) is 0 Å². The average Bonchev–Trinajstić information content (AvgIpc) is 3.40. The number of likely N-dealkylation sites (tertiary alicyclic amines) is 1. The summed E-state index contributed by atoms with van der Waals surface area (Å²) >= 11 is 0. The van der Waals surface area contributed by atoms with Crippen LogP contribution in [0.3, 0.4) is 0 Å². The molecular weight excluding hydrogens is 462 g/mol. The summed E-state index contributed by atoms with van der Waals surface area (Å²) in [6, 6.07) is 26.3. The molecule has 2 aliphatic rings. The van der Waals surface area contributed by atoms with Gasteiger partial charge in [-0.25, -0.2) is 5.01 Å². The van der Waals surface area contributed by atoms with Gasteiger partial charge < -0.3 is 9.47 Å². The second-order valence-electron chi connectivity index (χ2n) is 9.89. The van der Waals surface area contributed by atoms with Gasteiger partial charge in [0.15, 0.2) is 0 Å². The normalized spacial score (nSPS) is 18.5. The topological polar surface area (TPSA) is 54.4 Å². The SMILES string of the molecule is COc1ccc(OC)c(C2CC(c3ccccc3)=NN2C(=O)CN2CCC(Cc3ccccc3)CC2)c1. The predicted octanol–water partition coefficient (Wildman–Crippen LogP) is 5.34. The number of hydrogen-bond donors (Lipinski definition) is 0. The molecule has 1 atom stereocenters. The average molecular weight is 498 g/mol. The second-order valence-corrected chi connectivity index (χ2v) is 9.89. The minimum Gasteiger partial charge on any atom is -0.497 e. The number of ether oxygens (including phenoxy) is 2. The van der Waals surface area contributed by atoms with Gasteiger partial charge in [0.1, 0.15) is 11.5 Å². The Kier molecular flexibility index (Phi) is 7.85. The van der Waals surface area contributed by atoms with E-state index in [1.807, 2.05) is 48.5 Å². The highest BCUT2D eigenvalue weighted by atomic mass is 16.5. The molecule has 2 aliphatic heterocycles. The summed E-state index contributed by atoms with van der Waals surface area (Å²) in [6.07, 6.45) is 3.94. The van der Waals surface area contributed by atoms with Crippen LogP contribution in [0.15, 0.2) is 84.0 Å². The van der Waals surface area contributed by atoms with Crippen molar-refractivity contribution in [2.45, 2.75) is 31.7 Å². The van der Waals surface area contributed by atoms with E-state index in [1.54, 1.807) is 19.2 Å². The van der Waals surface area contributed by atoms with Gasteiger partial charge >= 0.3 is 0 Å². The van der Waals surface area contributed by atoms with Crippen LogP contribution in [-0.2, 0) is 11.2 Å². The Bertz CT molecular complexity index is 1220. The number of carbonyl (C=O) groups excluding carboxylic acids is 1. The number of hydrogen-bond acceptors (Lipinski definition) is 5. The summed E-state index contributed by atoms with van der Waals surface area (Å²) in [5, 5.41) is 6.54. The van der Waals surface area contributed by atoms with E-state index in [2.05, 4.69) is 35.2 Å². The third-order valence-corrected chi connectivity index (χ3v) is 7.50. The van der Waals surface area contributed by atoms with Crippen molar-refractivity contribution in [3.63, 3.8) is 0 Å². The molecule has 3 aromatic rings. The smallest absolute Gasteiger partial charge is 0.257 e. The molecule has 1 saturated heterocycles. The second kappa shape index (κ2) is 11.6. The molecule has 6 heteroatoms. The Morgan fingerprint density at radius 1 is 0.919 bits per heavy atom. The van der Waals surface area contributed by atoms with Crippen molar-refractivity contribution in [2.75, 3.05) is 33.9 Å². The van der Waals surface area contributed by atoms with Crippen LogP contribution in [0.5, 0.6) is 11.5 Å². The first-order valence-corrected chi connectivity index (χ1v) is 13.1. The van der Waals surface area contributed by atoms with E-state index >= 15 is 0 Å². The lowest BCUT2D eigenvalue weighted by Crippen LogP contribution is -2.42. The van der Waals surface area contributed by atoms with Crippen molar-refractivity contribution in [3.05, 3.63) is 95.6 Å². The van der Waals surface area contributed by atoms with Crippen LogP contribution in [0.2, 0.25) is 0 Å². The molecule has 1 fully saturated rings. The van der Waals surface area contributed by atoms with Crippen LogP contribution < -0.4 is 9.47 Å². The first-order valence-electron chi connectivity index (χ1n) is 13.1. The number of piperidine rings is 1. The molecule has 3 aromatic carbocycles. The maximum absolute atomic E-state index is 13.7. The van der Waals surface area contributed by atoms with Crippen molar-refractivity contribution in [1.82, 2.24) is 9.91 Å².